The van der Waals surface area contributed by atoms with Crippen molar-refractivity contribution in [2.24, 2.45) is 4.99 Å². The molecule has 0 saturated heterocycles. The summed E-state index contributed by atoms with van der Waals surface area (Å²) in [4.78, 5) is 29.0. The second-order valence-electron chi connectivity index (χ2n) is 9.90. The van der Waals surface area contributed by atoms with Gasteiger partial charge < -0.3 is 9.73 Å². The van der Waals surface area contributed by atoms with Crippen LogP contribution < -0.4 is 5.32 Å². The molecule has 0 bridgehead atoms. The van der Waals surface area contributed by atoms with Crippen molar-refractivity contribution >= 4 is 17.5 Å². The topological polar surface area (TPSA) is 119 Å². The summed E-state index contributed by atoms with van der Waals surface area (Å²) in [5, 5.41) is 10.6. The fraction of sp³-hybridized carbons (Fsp3) is 0.167. The van der Waals surface area contributed by atoms with E-state index in [1.165, 1.54) is 0 Å². The summed E-state index contributed by atoms with van der Waals surface area (Å²) in [5.74, 6) is -4.77. The molecule has 1 N–H and O–H groups in total. The minimum atomic E-state index is -4.76. The normalized spacial score (nSPS) is 15.4. The van der Waals surface area contributed by atoms with Crippen LogP contribution in [0.15, 0.2) is 88.7 Å². The summed E-state index contributed by atoms with van der Waals surface area (Å²) < 4.78 is 73.6. The molecule has 0 fully saturated rings. The van der Waals surface area contributed by atoms with Crippen molar-refractivity contribution in [3.05, 3.63) is 107 Å². The molecule has 1 unspecified atom stereocenters. The van der Waals surface area contributed by atoms with E-state index in [1.54, 1.807) is 0 Å². The molecular weight excluding hydrogens is 585 g/mol. The molecular formula is C30H20F5N7O2. The monoisotopic (exact) mass is 605 g/mol. The third-order valence-electron chi connectivity index (χ3n) is 6.71. The summed E-state index contributed by atoms with van der Waals surface area (Å²) in [6, 6.07) is 17.2. The molecule has 0 spiro atoms. The van der Waals surface area contributed by atoms with E-state index in [1.807, 2.05) is 54.6 Å². The number of nitrogens with one attached hydrogen (secondary N) is 1. The first kappa shape index (κ1) is 28.7. The Balaban J connectivity index is 1.36. The fourth-order valence-electron chi connectivity index (χ4n) is 4.60. The van der Waals surface area contributed by atoms with Crippen LogP contribution in [0.25, 0.3) is 22.7 Å². The maximum atomic E-state index is 13.6. The van der Waals surface area contributed by atoms with Gasteiger partial charge in [0.2, 0.25) is 0 Å². The van der Waals surface area contributed by atoms with Crippen LogP contribution in [0.2, 0.25) is 0 Å². The van der Waals surface area contributed by atoms with Crippen molar-refractivity contribution < 1.29 is 31.2 Å². The van der Waals surface area contributed by atoms with E-state index in [-0.39, 0.29) is 40.9 Å². The Morgan fingerprint density at radius 3 is 2.25 bits per heavy atom. The van der Waals surface area contributed by atoms with E-state index in [9.17, 15) is 26.7 Å². The predicted molar refractivity (Wildman–Crippen MR) is 148 cm³/mol. The third-order valence-corrected chi connectivity index (χ3v) is 6.71. The summed E-state index contributed by atoms with van der Waals surface area (Å²) in [6.07, 6.45) is -3.34. The number of fused-ring (bicyclic) bond motifs is 1. The van der Waals surface area contributed by atoms with Crippen LogP contribution in [-0.2, 0) is 23.3 Å². The van der Waals surface area contributed by atoms with Gasteiger partial charge in [-0.2, -0.15) is 22.0 Å². The third kappa shape index (κ3) is 5.78. The van der Waals surface area contributed by atoms with Gasteiger partial charge in [-0.25, -0.2) is 15.0 Å². The molecule has 4 heterocycles. The van der Waals surface area contributed by atoms with Crippen molar-refractivity contribution in [3.63, 3.8) is 0 Å². The zero-order chi connectivity index (χ0) is 31.1. The Bertz CT molecular complexity index is 1870. The zero-order valence-electron chi connectivity index (χ0n) is 22.7. The number of hydrogen-bond acceptors (Lipinski definition) is 9. The molecule has 2 aromatic carbocycles. The van der Waals surface area contributed by atoms with Crippen LogP contribution in [0, 0.1) is 0 Å². The fourth-order valence-corrected chi connectivity index (χ4v) is 4.60. The Labute approximate surface area is 246 Å². The van der Waals surface area contributed by atoms with Gasteiger partial charge in [-0.1, -0.05) is 59.7 Å². The summed E-state index contributed by atoms with van der Waals surface area (Å²) in [5.41, 5.74) is 1.38. The molecule has 0 saturated carbocycles. The maximum absolute atomic E-state index is 13.6. The summed E-state index contributed by atoms with van der Waals surface area (Å²) in [7, 11) is 0. The van der Waals surface area contributed by atoms with Crippen LogP contribution in [0.4, 0.5) is 28.0 Å². The highest BCUT2D eigenvalue weighted by Gasteiger charge is 2.34. The molecule has 6 rings (SSSR count). The molecule has 222 valence electrons. The second kappa shape index (κ2) is 11.0. The van der Waals surface area contributed by atoms with Gasteiger partial charge in [0.05, 0.1) is 11.3 Å². The average molecular weight is 606 g/mol. The van der Waals surface area contributed by atoms with Crippen LogP contribution in [-0.4, -0.2) is 42.8 Å². The highest BCUT2D eigenvalue weighted by atomic mass is 19.4. The lowest BCUT2D eigenvalue weighted by molar-refractivity contribution is -0.137. The first-order chi connectivity index (χ1) is 21.0. The average Bonchev–Trinajstić information content (AvgIpc) is 3.42. The lowest BCUT2D eigenvalue weighted by Crippen LogP contribution is -2.29. The largest absolute Gasteiger partial charge is 0.417 e. The van der Waals surface area contributed by atoms with Gasteiger partial charge in [0.15, 0.2) is 17.8 Å². The number of aliphatic imine (C=N–C) groups is 1. The number of pyridine rings is 1. The number of alkyl halides is 5. The van der Waals surface area contributed by atoms with Gasteiger partial charge >= 0.3 is 18.1 Å². The molecule has 3 aromatic heterocycles. The van der Waals surface area contributed by atoms with E-state index in [0.29, 0.717) is 18.8 Å². The standard InChI is InChI=1S/C30H20F5N7O2/c1-29(31,32)27-37-13-18(14-38-27)21-12-19(30(33,34)35)15-36-24(21)26-41-42-28(44-26)40-25-22(43)11-17-9-5-6-10-20(17)23(39-25)16-7-3-2-4-8-16/h2-10,12-15,25H,11H2,1H3,(H,40,42). The van der Waals surface area contributed by atoms with Gasteiger partial charge in [-0.3, -0.25) is 9.79 Å². The number of carbonyl (C=O) groups excluding carboxylic acids is 1. The SMILES string of the molecule is CC(F)(F)c1ncc(-c2cc(C(F)(F)F)cnc2-c2nnc(NC3N=C(c4ccccc4)c4ccccc4CC3=O)o2)cn1. The Morgan fingerprint density at radius 1 is 0.841 bits per heavy atom. The highest BCUT2D eigenvalue weighted by Crippen LogP contribution is 2.37. The second-order valence-corrected chi connectivity index (χ2v) is 9.90. The van der Waals surface area contributed by atoms with Crippen molar-refractivity contribution in [2.45, 2.75) is 31.6 Å². The number of rotatable bonds is 6. The zero-order valence-corrected chi connectivity index (χ0v) is 22.7. The number of hydrogen-bond donors (Lipinski definition) is 1. The van der Waals surface area contributed by atoms with Crippen molar-refractivity contribution in [1.82, 2.24) is 25.1 Å². The first-order valence-corrected chi connectivity index (χ1v) is 13.1. The lowest BCUT2D eigenvalue weighted by atomic mass is 9.96. The van der Waals surface area contributed by atoms with Crippen molar-refractivity contribution in [3.8, 4) is 22.7 Å². The highest BCUT2D eigenvalue weighted by molar-refractivity contribution is 6.16. The van der Waals surface area contributed by atoms with Crippen molar-refractivity contribution in [1.29, 1.82) is 0 Å². The van der Waals surface area contributed by atoms with Gasteiger partial charge in [0.1, 0.15) is 5.69 Å². The molecule has 0 aliphatic carbocycles. The number of aromatic nitrogens is 5. The van der Waals surface area contributed by atoms with Crippen LogP contribution in [0.5, 0.6) is 0 Å². The molecule has 1 aliphatic rings. The summed E-state index contributed by atoms with van der Waals surface area (Å²) in [6.45, 7) is 0.594. The molecule has 1 aliphatic heterocycles. The lowest BCUT2D eigenvalue weighted by Gasteiger charge is -2.13. The van der Waals surface area contributed by atoms with Crippen LogP contribution >= 0.6 is 0 Å². The molecule has 44 heavy (non-hydrogen) atoms. The van der Waals surface area contributed by atoms with E-state index in [4.69, 9.17) is 4.42 Å². The molecule has 9 nitrogen and oxygen atoms in total. The Hall–Kier alpha value is -5.40. The minimum Gasteiger partial charge on any atom is -0.402 e. The molecule has 14 heteroatoms. The maximum Gasteiger partial charge on any atom is 0.417 e. The number of halogens is 5. The predicted octanol–water partition coefficient (Wildman–Crippen LogP) is 6.12. The number of Topliss-reactive ketones (excluding diaryl/α,β-unsaturated/α-hetero) is 1. The van der Waals surface area contributed by atoms with Crippen molar-refractivity contribution in [2.75, 3.05) is 5.32 Å². The molecule has 5 aromatic rings. The molecule has 0 amide bonds. The minimum absolute atomic E-state index is 0.0480. The molecule has 0 radical (unpaired) electrons. The Morgan fingerprint density at radius 2 is 1.55 bits per heavy atom. The van der Waals surface area contributed by atoms with E-state index >= 15 is 0 Å². The quantitative estimate of drug-likeness (QED) is 0.230. The number of nitrogens with zero attached hydrogens (tertiary/aromatic N) is 6. The number of carbonyl (C=O) groups is 1. The Kier molecular flexibility index (Phi) is 7.19. The van der Waals surface area contributed by atoms with E-state index in [2.05, 4.69) is 35.5 Å². The summed E-state index contributed by atoms with van der Waals surface area (Å²) >= 11 is 0. The number of benzene rings is 2. The first-order valence-electron chi connectivity index (χ1n) is 13.1. The van der Waals surface area contributed by atoms with Gasteiger partial charge in [-0.15, -0.1) is 5.10 Å². The van der Waals surface area contributed by atoms with Gasteiger partial charge in [-0.05, 0) is 11.6 Å². The number of ketones is 1. The van der Waals surface area contributed by atoms with Crippen LogP contribution in [0.3, 0.4) is 0 Å². The van der Waals surface area contributed by atoms with E-state index in [0.717, 1.165) is 35.2 Å². The van der Waals surface area contributed by atoms with Crippen LogP contribution in [0.1, 0.15) is 35.0 Å². The van der Waals surface area contributed by atoms with Gasteiger partial charge in [0, 0.05) is 54.2 Å². The van der Waals surface area contributed by atoms with E-state index < -0.39 is 29.7 Å². The van der Waals surface area contributed by atoms with Gasteiger partial charge in [0.25, 0.3) is 5.89 Å². The molecule has 1 atom stereocenters. The smallest absolute Gasteiger partial charge is 0.402 e. The number of anilines is 1.